The summed E-state index contributed by atoms with van der Waals surface area (Å²) in [6, 6.07) is 8.31. The van der Waals surface area contributed by atoms with Crippen LogP contribution in [0.1, 0.15) is 5.56 Å². The predicted octanol–water partition coefficient (Wildman–Crippen LogP) is 4.38. The van der Waals surface area contributed by atoms with Crippen LogP contribution in [0.4, 0.5) is 18.9 Å². The Hall–Kier alpha value is -2.61. The van der Waals surface area contributed by atoms with Gasteiger partial charge in [0.15, 0.2) is 11.0 Å². The molecule has 1 aliphatic heterocycles. The highest BCUT2D eigenvalue weighted by molar-refractivity contribution is 7.86. The molecule has 1 N–H and O–H groups in total. The Morgan fingerprint density at radius 2 is 1.92 bits per heavy atom. The second kappa shape index (κ2) is 5.45. The first-order valence-electron chi connectivity index (χ1n) is 7.26. The first-order chi connectivity index (χ1) is 11.9. The van der Waals surface area contributed by atoms with Gasteiger partial charge in [0.05, 0.1) is 28.8 Å². The number of methoxy groups -OCH3 is 1. The lowest BCUT2D eigenvalue weighted by atomic mass is 9.98. The highest BCUT2D eigenvalue weighted by Gasteiger charge is 2.33. The lowest BCUT2D eigenvalue weighted by molar-refractivity contribution is -0.137. The van der Waals surface area contributed by atoms with Crippen molar-refractivity contribution in [2.24, 2.45) is 0 Å². The first kappa shape index (κ1) is 15.9. The van der Waals surface area contributed by atoms with Crippen LogP contribution in [0, 0.1) is 0 Å². The van der Waals surface area contributed by atoms with Crippen LogP contribution in [0.2, 0.25) is 0 Å². The first-order valence-corrected chi connectivity index (χ1v) is 8.41. The largest absolute Gasteiger partial charge is 0.496 e. The second-order valence-corrected chi connectivity index (χ2v) is 6.66. The normalized spacial score (nSPS) is 16.1. The van der Waals surface area contributed by atoms with E-state index in [0.29, 0.717) is 32.8 Å². The van der Waals surface area contributed by atoms with E-state index in [-0.39, 0.29) is 5.56 Å². The van der Waals surface area contributed by atoms with Crippen molar-refractivity contribution in [1.82, 2.24) is 4.98 Å². The quantitative estimate of drug-likeness (QED) is 0.697. The van der Waals surface area contributed by atoms with Gasteiger partial charge in [0.1, 0.15) is 5.75 Å². The third kappa shape index (κ3) is 2.44. The summed E-state index contributed by atoms with van der Waals surface area (Å²) < 4.78 is 59.8. The maximum atomic E-state index is 13.1. The fourth-order valence-corrected chi connectivity index (χ4v) is 3.99. The summed E-state index contributed by atoms with van der Waals surface area (Å²) in [6.07, 6.45) is -2.94. The van der Waals surface area contributed by atoms with Crippen LogP contribution in [-0.4, -0.2) is 16.3 Å². The van der Waals surface area contributed by atoms with Gasteiger partial charge in [-0.2, -0.15) is 13.2 Å². The lowest BCUT2D eigenvalue weighted by Gasteiger charge is -2.23. The molecular formula is C17H11F3N2O2S. The minimum Gasteiger partial charge on any atom is -0.496 e. The van der Waals surface area contributed by atoms with Crippen molar-refractivity contribution in [1.29, 1.82) is 0 Å². The fourth-order valence-electron chi connectivity index (χ4n) is 2.93. The number of hydrogen-bond donors (Lipinski definition) is 1. The molecule has 1 unspecified atom stereocenters. The number of benzene rings is 2. The van der Waals surface area contributed by atoms with Crippen molar-refractivity contribution in [2.75, 3.05) is 11.8 Å². The molecule has 0 aliphatic carbocycles. The van der Waals surface area contributed by atoms with Gasteiger partial charge < -0.3 is 4.74 Å². The molecule has 4 nitrogen and oxygen atoms in total. The summed E-state index contributed by atoms with van der Waals surface area (Å²) in [5, 5.41) is 0.684. The SMILES string of the molecule is COc1ccnc2c3c(ccc12)-c1cc(C(F)(F)F)ccc1S(=O)N3. The molecule has 0 radical (unpaired) electrons. The molecular weight excluding hydrogens is 353 g/mol. The number of nitrogens with one attached hydrogen (secondary N) is 1. The van der Waals surface area contributed by atoms with Crippen molar-refractivity contribution < 1.29 is 22.1 Å². The van der Waals surface area contributed by atoms with E-state index in [4.69, 9.17) is 4.74 Å². The van der Waals surface area contributed by atoms with Crippen LogP contribution in [0.25, 0.3) is 22.0 Å². The number of fused-ring (bicyclic) bond motifs is 5. The van der Waals surface area contributed by atoms with Crippen LogP contribution in [0.5, 0.6) is 5.75 Å². The van der Waals surface area contributed by atoms with Crippen LogP contribution in [-0.2, 0) is 17.2 Å². The number of pyridine rings is 1. The maximum Gasteiger partial charge on any atom is 0.416 e. The topological polar surface area (TPSA) is 51.2 Å². The lowest BCUT2D eigenvalue weighted by Crippen LogP contribution is -2.15. The van der Waals surface area contributed by atoms with Gasteiger partial charge >= 0.3 is 6.18 Å². The second-order valence-electron chi connectivity index (χ2n) is 5.48. The van der Waals surface area contributed by atoms with Gasteiger partial charge in [-0.25, -0.2) is 4.21 Å². The molecule has 0 saturated heterocycles. The average molecular weight is 364 g/mol. The highest BCUT2D eigenvalue weighted by atomic mass is 32.2. The Kier molecular flexibility index (Phi) is 3.47. The Morgan fingerprint density at radius 3 is 2.64 bits per heavy atom. The van der Waals surface area contributed by atoms with Crippen molar-refractivity contribution in [3.05, 3.63) is 48.2 Å². The molecule has 0 bridgehead atoms. The Balaban J connectivity index is 2.03. The molecule has 3 aromatic rings. The molecule has 4 rings (SSSR count). The molecule has 0 saturated carbocycles. The molecule has 0 fully saturated rings. The number of alkyl halides is 3. The number of hydrogen-bond acceptors (Lipinski definition) is 3. The zero-order chi connectivity index (χ0) is 17.8. The molecule has 1 atom stereocenters. The zero-order valence-corrected chi connectivity index (χ0v) is 13.7. The van der Waals surface area contributed by atoms with Gasteiger partial charge in [-0.15, -0.1) is 0 Å². The van der Waals surface area contributed by atoms with E-state index < -0.39 is 22.7 Å². The van der Waals surface area contributed by atoms with E-state index in [1.54, 1.807) is 18.2 Å². The van der Waals surface area contributed by atoms with Crippen LogP contribution >= 0.6 is 0 Å². The van der Waals surface area contributed by atoms with E-state index in [2.05, 4.69) is 9.71 Å². The van der Waals surface area contributed by atoms with E-state index >= 15 is 0 Å². The predicted molar refractivity (Wildman–Crippen MR) is 88.8 cm³/mol. The molecule has 0 spiro atoms. The minimum absolute atomic E-state index is 0.286. The fraction of sp³-hybridized carbons (Fsp3) is 0.118. The molecule has 2 heterocycles. The molecule has 0 amide bonds. The molecule has 1 aromatic heterocycles. The standard InChI is InChI=1S/C17H11F3N2O2S/c1-24-13-6-7-21-15-11(13)4-3-10-12-8-9(17(18,19)20)2-5-14(12)25(23)22-16(10)15/h2-8,22H,1H3. The van der Waals surface area contributed by atoms with Gasteiger partial charge in [-0.3, -0.25) is 9.71 Å². The van der Waals surface area contributed by atoms with Gasteiger partial charge in [0.2, 0.25) is 0 Å². The summed E-state index contributed by atoms with van der Waals surface area (Å²) in [5.41, 5.74) is 0.951. The third-order valence-electron chi connectivity index (χ3n) is 4.08. The van der Waals surface area contributed by atoms with Crippen molar-refractivity contribution in [3.8, 4) is 16.9 Å². The molecule has 128 valence electrons. The zero-order valence-electron chi connectivity index (χ0n) is 12.8. The van der Waals surface area contributed by atoms with Crippen LogP contribution in [0.15, 0.2) is 47.5 Å². The molecule has 1 aliphatic rings. The number of aromatic nitrogens is 1. The summed E-state index contributed by atoms with van der Waals surface area (Å²) in [5.74, 6) is 0.579. The number of rotatable bonds is 1. The monoisotopic (exact) mass is 364 g/mol. The van der Waals surface area contributed by atoms with Crippen molar-refractivity contribution >= 4 is 27.6 Å². The number of ether oxygens (including phenoxy) is 1. The number of anilines is 1. The highest BCUT2D eigenvalue weighted by Crippen LogP contribution is 2.44. The smallest absolute Gasteiger partial charge is 0.416 e. The Morgan fingerprint density at radius 1 is 1.12 bits per heavy atom. The van der Waals surface area contributed by atoms with E-state index in [9.17, 15) is 17.4 Å². The average Bonchev–Trinajstić information content (AvgIpc) is 2.60. The molecule has 8 heteroatoms. The Labute approximate surface area is 143 Å². The van der Waals surface area contributed by atoms with E-state index in [1.165, 1.54) is 19.4 Å². The van der Waals surface area contributed by atoms with Crippen LogP contribution in [0.3, 0.4) is 0 Å². The van der Waals surface area contributed by atoms with E-state index in [0.717, 1.165) is 12.1 Å². The Bertz CT molecular complexity index is 1030. The van der Waals surface area contributed by atoms with Gasteiger partial charge in [0, 0.05) is 22.7 Å². The summed E-state index contributed by atoms with van der Waals surface area (Å²) in [4.78, 5) is 4.59. The van der Waals surface area contributed by atoms with E-state index in [1.807, 2.05) is 0 Å². The maximum absolute atomic E-state index is 13.1. The third-order valence-corrected chi connectivity index (χ3v) is 5.23. The molecule has 2 aromatic carbocycles. The van der Waals surface area contributed by atoms with Gasteiger partial charge in [0.25, 0.3) is 0 Å². The summed E-state index contributed by atoms with van der Waals surface area (Å²) >= 11 is 0. The molecule has 25 heavy (non-hydrogen) atoms. The van der Waals surface area contributed by atoms with Gasteiger partial charge in [-0.05, 0) is 30.3 Å². The number of halogens is 3. The summed E-state index contributed by atoms with van der Waals surface area (Å²) in [6.45, 7) is 0. The summed E-state index contributed by atoms with van der Waals surface area (Å²) in [7, 11) is -0.156. The van der Waals surface area contributed by atoms with Crippen molar-refractivity contribution in [3.63, 3.8) is 0 Å². The van der Waals surface area contributed by atoms with Gasteiger partial charge in [-0.1, -0.05) is 6.07 Å². The minimum atomic E-state index is -4.47. The van der Waals surface area contributed by atoms with Crippen molar-refractivity contribution in [2.45, 2.75) is 11.1 Å². The number of nitrogens with zero attached hydrogens (tertiary/aromatic N) is 1. The van der Waals surface area contributed by atoms with Crippen LogP contribution < -0.4 is 9.46 Å².